The summed E-state index contributed by atoms with van der Waals surface area (Å²) in [5, 5.41) is 0. The van der Waals surface area contributed by atoms with Gasteiger partial charge in [0, 0.05) is 50.5 Å². The first kappa shape index (κ1) is 13.4. The number of hydrogen-bond donors (Lipinski definition) is 0. The molecule has 0 saturated carbocycles. The lowest BCUT2D eigenvalue weighted by atomic mass is 10.1. The molecule has 4 nitrogen and oxygen atoms in total. The summed E-state index contributed by atoms with van der Waals surface area (Å²) < 4.78 is 0. The van der Waals surface area contributed by atoms with Gasteiger partial charge in [0.1, 0.15) is 0 Å². The first-order chi connectivity index (χ1) is 9.74. The molecule has 0 atom stereocenters. The monoisotopic (exact) mass is 273 g/mol. The molecule has 2 heterocycles. The van der Waals surface area contributed by atoms with E-state index in [1.165, 1.54) is 5.69 Å². The molecule has 0 aromatic heterocycles. The molecule has 2 fully saturated rings. The molecule has 1 aromatic rings. The quantitative estimate of drug-likeness (QED) is 0.820. The van der Waals surface area contributed by atoms with Crippen LogP contribution in [0.3, 0.4) is 0 Å². The summed E-state index contributed by atoms with van der Waals surface area (Å²) in [6, 6.07) is 8.14. The van der Waals surface area contributed by atoms with Crippen molar-refractivity contribution in [3.63, 3.8) is 0 Å². The molecule has 20 heavy (non-hydrogen) atoms. The minimum atomic E-state index is 0.187. The van der Waals surface area contributed by atoms with Crippen LogP contribution < -0.4 is 4.90 Å². The minimum absolute atomic E-state index is 0.187. The molecule has 0 unspecified atom stereocenters. The molecule has 1 amide bonds. The second-order valence-corrected chi connectivity index (χ2v) is 5.84. The van der Waals surface area contributed by atoms with E-state index in [0.29, 0.717) is 0 Å². The van der Waals surface area contributed by atoms with E-state index in [-0.39, 0.29) is 5.91 Å². The summed E-state index contributed by atoms with van der Waals surface area (Å²) in [6.45, 7) is 6.17. The van der Waals surface area contributed by atoms with Gasteiger partial charge in [0.25, 0.3) is 5.91 Å². The van der Waals surface area contributed by atoms with Crippen LogP contribution in [0.25, 0.3) is 0 Å². The Morgan fingerprint density at radius 3 is 2.10 bits per heavy atom. The van der Waals surface area contributed by atoms with Crippen molar-refractivity contribution in [2.75, 3.05) is 51.2 Å². The van der Waals surface area contributed by atoms with E-state index < -0.39 is 0 Å². The molecule has 2 aliphatic rings. The van der Waals surface area contributed by atoms with Crippen molar-refractivity contribution >= 4 is 11.6 Å². The first-order valence-electron chi connectivity index (χ1n) is 7.57. The number of carbonyl (C=O) groups excluding carboxylic acids is 1. The van der Waals surface area contributed by atoms with Crippen LogP contribution in [-0.4, -0.2) is 62.0 Å². The number of hydrogen-bond acceptors (Lipinski definition) is 3. The molecule has 2 saturated heterocycles. The van der Waals surface area contributed by atoms with E-state index in [2.05, 4.69) is 29.0 Å². The Morgan fingerprint density at radius 2 is 1.50 bits per heavy atom. The average Bonchev–Trinajstić information content (AvgIpc) is 3.02. The fourth-order valence-electron chi connectivity index (χ4n) is 2.98. The zero-order valence-corrected chi connectivity index (χ0v) is 12.2. The normalized spacial score (nSPS) is 20.4. The highest BCUT2D eigenvalue weighted by atomic mass is 16.2. The first-order valence-corrected chi connectivity index (χ1v) is 7.57. The average molecular weight is 273 g/mol. The van der Waals surface area contributed by atoms with Gasteiger partial charge in [-0.2, -0.15) is 0 Å². The Balaban J connectivity index is 1.66. The highest BCUT2D eigenvalue weighted by molar-refractivity contribution is 5.94. The third-order valence-corrected chi connectivity index (χ3v) is 4.38. The Hall–Kier alpha value is -1.55. The van der Waals surface area contributed by atoms with Crippen LogP contribution in [0.15, 0.2) is 24.3 Å². The maximum atomic E-state index is 12.3. The predicted octanol–water partition coefficient (Wildman–Crippen LogP) is 1.67. The third-order valence-electron chi connectivity index (χ3n) is 4.38. The number of nitrogens with zero attached hydrogens (tertiary/aromatic N) is 3. The molecule has 0 radical (unpaired) electrons. The van der Waals surface area contributed by atoms with E-state index in [9.17, 15) is 4.79 Å². The van der Waals surface area contributed by atoms with Gasteiger partial charge in [-0.15, -0.1) is 0 Å². The molecule has 1 aromatic carbocycles. The van der Waals surface area contributed by atoms with Crippen molar-refractivity contribution < 1.29 is 4.79 Å². The van der Waals surface area contributed by atoms with Crippen molar-refractivity contribution in [2.24, 2.45) is 0 Å². The van der Waals surface area contributed by atoms with E-state index in [0.717, 1.165) is 57.7 Å². The zero-order chi connectivity index (χ0) is 13.9. The van der Waals surface area contributed by atoms with Gasteiger partial charge in [-0.05, 0) is 44.2 Å². The molecule has 4 heteroatoms. The van der Waals surface area contributed by atoms with Crippen molar-refractivity contribution in [1.82, 2.24) is 9.80 Å². The van der Waals surface area contributed by atoms with Gasteiger partial charge in [-0.3, -0.25) is 4.79 Å². The van der Waals surface area contributed by atoms with Crippen molar-refractivity contribution in [2.45, 2.75) is 12.8 Å². The molecule has 0 N–H and O–H groups in total. The van der Waals surface area contributed by atoms with Crippen LogP contribution in [0.2, 0.25) is 0 Å². The lowest BCUT2D eigenvalue weighted by molar-refractivity contribution is 0.0793. The number of benzene rings is 1. The van der Waals surface area contributed by atoms with Crippen LogP contribution in [0.1, 0.15) is 23.2 Å². The Labute approximate surface area is 121 Å². The molecule has 0 spiro atoms. The van der Waals surface area contributed by atoms with Crippen LogP contribution >= 0.6 is 0 Å². The molecular weight excluding hydrogens is 250 g/mol. The zero-order valence-electron chi connectivity index (χ0n) is 12.2. The van der Waals surface area contributed by atoms with Crippen molar-refractivity contribution in [3.05, 3.63) is 29.8 Å². The lowest BCUT2D eigenvalue weighted by Crippen LogP contribution is -2.44. The van der Waals surface area contributed by atoms with Crippen LogP contribution in [0.5, 0.6) is 0 Å². The second kappa shape index (κ2) is 5.83. The number of rotatable bonds is 2. The summed E-state index contributed by atoms with van der Waals surface area (Å²) in [6.07, 6.45) is 2.29. The molecule has 0 bridgehead atoms. The van der Waals surface area contributed by atoms with Crippen LogP contribution in [0.4, 0.5) is 5.69 Å². The summed E-state index contributed by atoms with van der Waals surface area (Å²) in [7, 11) is 2.16. The van der Waals surface area contributed by atoms with E-state index in [1.54, 1.807) is 0 Å². The third kappa shape index (κ3) is 2.80. The molecule has 108 valence electrons. The standard InChI is InChI=1S/C16H23N3O/c1-17-10-12-18(13-11-17)15-6-4-14(5-7-15)16(20)19-8-2-3-9-19/h4-7H,2-3,8-13H2,1H3. The van der Waals surface area contributed by atoms with Gasteiger partial charge >= 0.3 is 0 Å². The maximum absolute atomic E-state index is 12.3. The largest absolute Gasteiger partial charge is 0.369 e. The Kier molecular flexibility index (Phi) is 3.92. The highest BCUT2D eigenvalue weighted by Crippen LogP contribution is 2.19. The summed E-state index contributed by atoms with van der Waals surface area (Å²) in [5.41, 5.74) is 2.06. The van der Waals surface area contributed by atoms with Gasteiger partial charge in [-0.25, -0.2) is 0 Å². The van der Waals surface area contributed by atoms with Gasteiger partial charge in [0.2, 0.25) is 0 Å². The number of likely N-dealkylation sites (tertiary alicyclic amines) is 1. The fraction of sp³-hybridized carbons (Fsp3) is 0.562. The summed E-state index contributed by atoms with van der Waals surface area (Å²) >= 11 is 0. The number of likely N-dealkylation sites (N-methyl/N-ethyl adjacent to an activating group) is 1. The predicted molar refractivity (Wildman–Crippen MR) is 81.3 cm³/mol. The molecule has 0 aliphatic carbocycles. The number of carbonyl (C=O) groups is 1. The topological polar surface area (TPSA) is 26.8 Å². The Morgan fingerprint density at radius 1 is 0.900 bits per heavy atom. The number of anilines is 1. The maximum Gasteiger partial charge on any atom is 0.253 e. The second-order valence-electron chi connectivity index (χ2n) is 5.84. The summed E-state index contributed by atoms with van der Waals surface area (Å²) in [4.78, 5) is 19.0. The van der Waals surface area contributed by atoms with Gasteiger partial charge in [-0.1, -0.05) is 0 Å². The number of amides is 1. The SMILES string of the molecule is CN1CCN(c2ccc(C(=O)N3CCCC3)cc2)CC1. The van der Waals surface area contributed by atoms with Crippen LogP contribution in [-0.2, 0) is 0 Å². The van der Waals surface area contributed by atoms with E-state index in [1.807, 2.05) is 17.0 Å². The molecule has 3 rings (SSSR count). The van der Waals surface area contributed by atoms with Crippen LogP contribution in [0, 0.1) is 0 Å². The van der Waals surface area contributed by atoms with Gasteiger partial charge in [0.05, 0.1) is 0 Å². The molecule has 2 aliphatic heterocycles. The molecular formula is C16H23N3O. The minimum Gasteiger partial charge on any atom is -0.369 e. The number of piperazine rings is 1. The van der Waals surface area contributed by atoms with E-state index >= 15 is 0 Å². The van der Waals surface area contributed by atoms with Gasteiger partial charge < -0.3 is 14.7 Å². The fourth-order valence-corrected chi connectivity index (χ4v) is 2.98. The van der Waals surface area contributed by atoms with Gasteiger partial charge in [0.15, 0.2) is 0 Å². The van der Waals surface area contributed by atoms with Crippen molar-refractivity contribution in [1.29, 1.82) is 0 Å². The Bertz CT molecular complexity index is 457. The highest BCUT2D eigenvalue weighted by Gasteiger charge is 2.20. The van der Waals surface area contributed by atoms with E-state index in [4.69, 9.17) is 0 Å². The smallest absolute Gasteiger partial charge is 0.253 e. The summed E-state index contributed by atoms with van der Waals surface area (Å²) in [5.74, 6) is 0.187. The lowest BCUT2D eigenvalue weighted by Gasteiger charge is -2.34. The van der Waals surface area contributed by atoms with Crippen molar-refractivity contribution in [3.8, 4) is 0 Å².